The third-order valence-corrected chi connectivity index (χ3v) is 2.72. The number of carbonyl (C=O) groups is 1. The molecule has 0 fully saturated rings. The van der Waals surface area contributed by atoms with Gasteiger partial charge in [0.25, 0.3) is 0 Å². The fraction of sp³-hybridized carbons (Fsp3) is 0.0714. The Bertz CT molecular complexity index is 705. The zero-order chi connectivity index (χ0) is 15.8. The maximum atomic E-state index is 13.1. The van der Waals surface area contributed by atoms with Gasteiger partial charge in [-0.15, -0.1) is 0 Å². The van der Waals surface area contributed by atoms with E-state index >= 15 is 0 Å². The number of rotatable bonds is 2. The molecule has 110 valence electrons. The molecule has 0 heterocycles. The summed E-state index contributed by atoms with van der Waals surface area (Å²) in [6, 6.07) is 3.84. The van der Waals surface area contributed by atoms with Crippen molar-refractivity contribution in [2.45, 2.75) is 6.18 Å². The molecule has 1 nitrogen and oxygen atoms in total. The number of ketones is 1. The van der Waals surface area contributed by atoms with Gasteiger partial charge in [0.1, 0.15) is 5.82 Å². The van der Waals surface area contributed by atoms with Crippen molar-refractivity contribution in [1.82, 2.24) is 0 Å². The molecule has 0 saturated heterocycles. The first kappa shape index (κ1) is 15.1. The van der Waals surface area contributed by atoms with E-state index in [4.69, 9.17) is 0 Å². The molecule has 0 unspecified atom stereocenters. The summed E-state index contributed by atoms with van der Waals surface area (Å²) < 4.78 is 76.5. The molecule has 0 spiro atoms. The van der Waals surface area contributed by atoms with Crippen LogP contribution < -0.4 is 0 Å². The maximum absolute atomic E-state index is 13.1. The minimum Gasteiger partial charge on any atom is -0.289 e. The standard InChI is InChI=1S/C14H6F6O/c15-10-3-1-7(5-9(10)14(18,19)20)13(21)8-2-4-11(16)12(17)6-8/h1-6H. The average Bonchev–Trinajstić information content (AvgIpc) is 2.40. The smallest absolute Gasteiger partial charge is 0.289 e. The van der Waals surface area contributed by atoms with Crippen LogP contribution in [0.25, 0.3) is 0 Å². The molecule has 0 amide bonds. The number of alkyl halides is 3. The van der Waals surface area contributed by atoms with Gasteiger partial charge in [-0.2, -0.15) is 13.2 Å². The lowest BCUT2D eigenvalue weighted by atomic mass is 10.0. The molecule has 7 heteroatoms. The van der Waals surface area contributed by atoms with Gasteiger partial charge in [0.2, 0.25) is 0 Å². The number of hydrogen-bond acceptors (Lipinski definition) is 1. The Balaban J connectivity index is 2.46. The second kappa shape index (κ2) is 5.23. The Labute approximate surface area is 114 Å². The van der Waals surface area contributed by atoms with Crippen molar-refractivity contribution in [2.75, 3.05) is 0 Å². The Morgan fingerprint density at radius 2 is 1.29 bits per heavy atom. The van der Waals surface area contributed by atoms with E-state index in [-0.39, 0.29) is 5.56 Å². The topological polar surface area (TPSA) is 17.1 Å². The number of hydrogen-bond donors (Lipinski definition) is 0. The zero-order valence-electron chi connectivity index (χ0n) is 10.1. The van der Waals surface area contributed by atoms with E-state index in [0.717, 1.165) is 12.1 Å². The number of carbonyl (C=O) groups excluding carboxylic acids is 1. The molecular weight excluding hydrogens is 298 g/mol. The summed E-state index contributed by atoms with van der Waals surface area (Å²) in [4.78, 5) is 11.9. The molecular formula is C14H6F6O. The molecule has 2 rings (SSSR count). The lowest BCUT2D eigenvalue weighted by molar-refractivity contribution is -0.140. The predicted octanol–water partition coefficient (Wildman–Crippen LogP) is 4.35. The summed E-state index contributed by atoms with van der Waals surface area (Å²) in [5.74, 6) is -5.00. The van der Waals surface area contributed by atoms with Crippen LogP contribution in [0.1, 0.15) is 21.5 Å². The quantitative estimate of drug-likeness (QED) is 0.595. The van der Waals surface area contributed by atoms with Gasteiger partial charge in [0.15, 0.2) is 17.4 Å². The van der Waals surface area contributed by atoms with E-state index in [1.165, 1.54) is 0 Å². The van der Waals surface area contributed by atoms with Gasteiger partial charge in [-0.05, 0) is 36.4 Å². The highest BCUT2D eigenvalue weighted by Crippen LogP contribution is 2.32. The molecule has 0 atom stereocenters. The molecule has 0 N–H and O–H groups in total. The maximum Gasteiger partial charge on any atom is 0.419 e. The van der Waals surface area contributed by atoms with E-state index in [2.05, 4.69) is 0 Å². The summed E-state index contributed by atoms with van der Waals surface area (Å²) in [6.07, 6.45) is -4.96. The zero-order valence-corrected chi connectivity index (χ0v) is 10.1. The van der Waals surface area contributed by atoms with Crippen LogP contribution in [-0.4, -0.2) is 5.78 Å². The van der Waals surface area contributed by atoms with Gasteiger partial charge in [-0.25, -0.2) is 13.2 Å². The van der Waals surface area contributed by atoms with E-state index in [1.54, 1.807) is 0 Å². The van der Waals surface area contributed by atoms with E-state index < -0.39 is 40.5 Å². The molecule has 0 aliphatic carbocycles. The summed E-state index contributed by atoms with van der Waals surface area (Å²) >= 11 is 0. The average molecular weight is 304 g/mol. The van der Waals surface area contributed by atoms with E-state index in [0.29, 0.717) is 24.3 Å². The predicted molar refractivity (Wildman–Crippen MR) is 61.2 cm³/mol. The molecule has 2 aromatic carbocycles. The third-order valence-electron chi connectivity index (χ3n) is 2.72. The molecule has 0 aliphatic rings. The van der Waals surface area contributed by atoms with E-state index in [1.807, 2.05) is 0 Å². The fourth-order valence-electron chi connectivity index (χ4n) is 1.69. The van der Waals surface area contributed by atoms with Gasteiger partial charge in [0, 0.05) is 11.1 Å². The van der Waals surface area contributed by atoms with Crippen molar-refractivity contribution in [3.8, 4) is 0 Å². The SMILES string of the molecule is O=C(c1ccc(F)c(F)c1)c1ccc(F)c(C(F)(F)F)c1. The van der Waals surface area contributed by atoms with Crippen molar-refractivity contribution < 1.29 is 31.1 Å². The summed E-state index contributed by atoms with van der Waals surface area (Å²) in [6.45, 7) is 0. The molecule has 2 aromatic rings. The Morgan fingerprint density at radius 3 is 1.81 bits per heavy atom. The van der Waals surface area contributed by atoms with Gasteiger partial charge < -0.3 is 0 Å². The third kappa shape index (κ3) is 3.07. The van der Waals surface area contributed by atoms with Crippen LogP contribution in [0.2, 0.25) is 0 Å². The second-order valence-corrected chi connectivity index (χ2v) is 4.15. The van der Waals surface area contributed by atoms with Gasteiger partial charge >= 0.3 is 6.18 Å². The van der Waals surface area contributed by atoms with E-state index in [9.17, 15) is 31.1 Å². The van der Waals surface area contributed by atoms with Crippen LogP contribution in [0, 0.1) is 17.5 Å². The minimum absolute atomic E-state index is 0.332. The Kier molecular flexibility index (Phi) is 3.76. The first-order valence-corrected chi connectivity index (χ1v) is 5.56. The van der Waals surface area contributed by atoms with Crippen LogP contribution in [0.3, 0.4) is 0 Å². The van der Waals surface area contributed by atoms with Crippen molar-refractivity contribution >= 4 is 5.78 Å². The van der Waals surface area contributed by atoms with Crippen molar-refractivity contribution in [3.05, 3.63) is 70.5 Å². The molecule has 0 saturated carbocycles. The Morgan fingerprint density at radius 1 is 0.762 bits per heavy atom. The highest BCUT2D eigenvalue weighted by molar-refractivity contribution is 6.09. The first-order valence-electron chi connectivity index (χ1n) is 5.56. The fourth-order valence-corrected chi connectivity index (χ4v) is 1.69. The number of halogens is 6. The van der Waals surface area contributed by atoms with Gasteiger partial charge in [-0.3, -0.25) is 4.79 Å². The van der Waals surface area contributed by atoms with Crippen molar-refractivity contribution in [3.63, 3.8) is 0 Å². The molecule has 0 aromatic heterocycles. The molecule has 0 aliphatic heterocycles. The van der Waals surface area contributed by atoms with Gasteiger partial charge in [0.05, 0.1) is 5.56 Å². The second-order valence-electron chi connectivity index (χ2n) is 4.15. The highest BCUT2D eigenvalue weighted by atomic mass is 19.4. The largest absolute Gasteiger partial charge is 0.419 e. The van der Waals surface area contributed by atoms with Crippen LogP contribution in [0.5, 0.6) is 0 Å². The van der Waals surface area contributed by atoms with Crippen molar-refractivity contribution in [2.24, 2.45) is 0 Å². The molecule has 0 bridgehead atoms. The lowest BCUT2D eigenvalue weighted by Gasteiger charge is -2.09. The Hall–Kier alpha value is -2.31. The summed E-state index contributed by atoms with van der Waals surface area (Å²) in [5, 5.41) is 0. The van der Waals surface area contributed by atoms with Crippen LogP contribution in [0.4, 0.5) is 26.3 Å². The molecule has 0 radical (unpaired) electrons. The monoisotopic (exact) mass is 304 g/mol. The first-order chi connectivity index (χ1) is 9.70. The normalized spacial score (nSPS) is 11.5. The van der Waals surface area contributed by atoms with Crippen molar-refractivity contribution in [1.29, 1.82) is 0 Å². The van der Waals surface area contributed by atoms with Crippen LogP contribution in [0.15, 0.2) is 36.4 Å². The lowest BCUT2D eigenvalue weighted by Crippen LogP contribution is -2.11. The summed E-state index contributed by atoms with van der Waals surface area (Å²) in [7, 11) is 0. The van der Waals surface area contributed by atoms with Gasteiger partial charge in [-0.1, -0.05) is 0 Å². The van der Waals surface area contributed by atoms with Crippen LogP contribution >= 0.6 is 0 Å². The van der Waals surface area contributed by atoms with Crippen LogP contribution in [-0.2, 0) is 6.18 Å². The highest BCUT2D eigenvalue weighted by Gasteiger charge is 2.34. The minimum atomic E-state index is -4.96. The summed E-state index contributed by atoms with van der Waals surface area (Å²) in [5.41, 5.74) is -2.42. The molecule has 21 heavy (non-hydrogen) atoms. The number of benzene rings is 2.